The van der Waals surface area contributed by atoms with E-state index in [1.807, 2.05) is 22.7 Å². The second-order valence-corrected chi connectivity index (χ2v) is 10.6. The van der Waals surface area contributed by atoms with Crippen LogP contribution >= 0.6 is 22.7 Å². The Hall–Kier alpha value is 0.997. The normalized spacial score (nSPS) is 10.5. The van der Waals surface area contributed by atoms with Crippen LogP contribution in [0.4, 0.5) is 0 Å². The Morgan fingerprint density at radius 1 is 0.750 bits per heavy atom. The molecule has 12 heavy (non-hydrogen) atoms. The molecule has 0 saturated heterocycles. The minimum absolute atomic E-state index is 1.25. The predicted octanol–water partition coefficient (Wildman–Crippen LogP) is 0.529. The van der Waals surface area contributed by atoms with Gasteiger partial charge in [-0.3, -0.25) is 0 Å². The Bertz CT molecular complexity index is 351. The van der Waals surface area contributed by atoms with Crippen molar-refractivity contribution >= 4 is 73.5 Å². The number of rotatable bonds is 1. The van der Waals surface area contributed by atoms with Gasteiger partial charge in [-0.15, -0.1) is 0 Å². The van der Waals surface area contributed by atoms with E-state index in [9.17, 15) is 0 Å². The van der Waals surface area contributed by atoms with Crippen molar-refractivity contribution in [3.8, 4) is 9.75 Å². The molecule has 0 aliphatic rings. The summed E-state index contributed by atoms with van der Waals surface area (Å²) in [4.78, 5) is 2.89. The van der Waals surface area contributed by atoms with Crippen molar-refractivity contribution in [3.05, 3.63) is 24.3 Å². The van der Waals surface area contributed by atoms with Crippen molar-refractivity contribution in [2.24, 2.45) is 0 Å². The molecule has 0 amide bonds. The van der Waals surface area contributed by atoms with Crippen LogP contribution in [-0.2, 0) is 0 Å². The zero-order valence-electron chi connectivity index (χ0n) is 6.28. The molecule has 2 rings (SSSR count). The summed E-state index contributed by atoms with van der Waals surface area (Å²) in [6.45, 7) is 0. The summed E-state index contributed by atoms with van der Waals surface area (Å²) in [6, 6.07) is 8.98. The number of thiophene rings is 2. The third-order valence-electron chi connectivity index (χ3n) is 1.50. The zero-order valence-corrected chi connectivity index (χ0v) is 14.5. The van der Waals surface area contributed by atoms with E-state index in [1.54, 1.807) is 0 Å². The number of hydrogen-bond donors (Lipinski definition) is 0. The van der Waals surface area contributed by atoms with Crippen molar-refractivity contribution in [3.63, 3.8) is 0 Å². The molecular weight excluding hydrogens is 398 g/mol. The number of hydrogen-bond acceptors (Lipinski definition) is 2. The van der Waals surface area contributed by atoms with Crippen LogP contribution in [0, 0.1) is 0 Å². The van der Waals surface area contributed by atoms with Crippen LogP contribution in [0.5, 0.6) is 0 Å². The molecule has 0 fully saturated rings. The SMILES string of the molecule is [SnH][c]1ccc(-c2cc[c]([SnH])s2)s1. The van der Waals surface area contributed by atoms with Crippen LogP contribution < -0.4 is 5.79 Å². The topological polar surface area (TPSA) is 0 Å². The third-order valence-corrected chi connectivity index (χ3v) is 6.64. The Morgan fingerprint density at radius 2 is 1.17 bits per heavy atom. The molecule has 4 heteroatoms. The van der Waals surface area contributed by atoms with E-state index in [1.165, 1.54) is 60.6 Å². The molecule has 2 aromatic heterocycles. The second kappa shape index (κ2) is 4.02. The van der Waals surface area contributed by atoms with Crippen molar-refractivity contribution in [1.82, 2.24) is 0 Å². The van der Waals surface area contributed by atoms with E-state index in [2.05, 4.69) is 24.3 Å². The Kier molecular flexibility index (Phi) is 3.20. The fourth-order valence-corrected chi connectivity index (χ4v) is 5.33. The summed E-state index contributed by atoms with van der Waals surface area (Å²) in [5.74, 6) is 0. The third kappa shape index (κ3) is 2.08. The average molecular weight is 404 g/mol. The van der Waals surface area contributed by atoms with Gasteiger partial charge in [0.15, 0.2) is 0 Å². The van der Waals surface area contributed by atoms with Gasteiger partial charge in [0.05, 0.1) is 0 Å². The summed E-state index contributed by atoms with van der Waals surface area (Å²) in [6.07, 6.45) is 0. The van der Waals surface area contributed by atoms with Crippen LogP contribution in [0.1, 0.15) is 0 Å². The van der Waals surface area contributed by atoms with Crippen molar-refractivity contribution in [2.45, 2.75) is 0 Å². The molecule has 58 valence electrons. The van der Waals surface area contributed by atoms with E-state index in [-0.39, 0.29) is 0 Å². The first-order valence-corrected chi connectivity index (χ1v) is 8.39. The van der Waals surface area contributed by atoms with Crippen LogP contribution in [0.25, 0.3) is 9.75 Å². The molecule has 0 bridgehead atoms. The van der Waals surface area contributed by atoms with E-state index >= 15 is 0 Å². The van der Waals surface area contributed by atoms with Gasteiger partial charge in [0.1, 0.15) is 0 Å². The standard InChI is InChI=1S/C8H4S2.2Sn.2H/c1-3-7(9-5-1)8-4-2-6-10-8;;;;/h1-4H;;;;. The van der Waals surface area contributed by atoms with E-state index in [0.717, 1.165) is 0 Å². The van der Waals surface area contributed by atoms with E-state index in [4.69, 9.17) is 0 Å². The van der Waals surface area contributed by atoms with Gasteiger partial charge in [0.25, 0.3) is 0 Å². The zero-order chi connectivity index (χ0) is 8.55. The molecule has 0 atom stereocenters. The summed E-state index contributed by atoms with van der Waals surface area (Å²) in [5.41, 5.74) is 0. The molecule has 0 aliphatic carbocycles. The molecule has 4 radical (unpaired) electrons. The molecule has 0 saturated carbocycles. The first kappa shape index (κ1) is 9.55. The Balaban J connectivity index is 2.43. The predicted molar refractivity (Wildman–Crippen MR) is 61.2 cm³/mol. The maximum absolute atomic E-state index is 2.25. The second-order valence-electron chi connectivity index (χ2n) is 2.40. The summed E-state index contributed by atoms with van der Waals surface area (Å²) in [5, 5.41) is 0. The Morgan fingerprint density at radius 3 is 1.42 bits per heavy atom. The van der Waals surface area contributed by atoms with Gasteiger partial charge in [0.2, 0.25) is 0 Å². The fourth-order valence-electron chi connectivity index (χ4n) is 0.971. The quantitative estimate of drug-likeness (QED) is 0.610. The maximum atomic E-state index is 2.25. The summed E-state index contributed by atoms with van der Waals surface area (Å²) >= 11 is 6.37. The molecular formula is C8H6S2Sn2. The molecule has 2 aromatic rings. The molecule has 0 aliphatic heterocycles. The van der Waals surface area contributed by atoms with Crippen molar-refractivity contribution < 1.29 is 0 Å². The first-order chi connectivity index (χ1) is 5.75. The first-order valence-electron chi connectivity index (χ1n) is 3.47. The van der Waals surface area contributed by atoms with Crippen LogP contribution in [0.3, 0.4) is 0 Å². The van der Waals surface area contributed by atoms with Crippen molar-refractivity contribution in [1.29, 1.82) is 0 Å². The summed E-state index contributed by atoms with van der Waals surface area (Å²) in [7, 11) is 0. The van der Waals surface area contributed by atoms with Crippen LogP contribution in [0.15, 0.2) is 24.3 Å². The molecule has 0 spiro atoms. The fraction of sp³-hybridized carbons (Fsp3) is 0. The molecule has 0 nitrogen and oxygen atoms in total. The van der Waals surface area contributed by atoms with Gasteiger partial charge in [-0.05, 0) is 0 Å². The van der Waals surface area contributed by atoms with Gasteiger partial charge >= 0.3 is 108 Å². The molecule has 0 N–H and O–H groups in total. The van der Waals surface area contributed by atoms with Gasteiger partial charge in [0, 0.05) is 0 Å². The van der Waals surface area contributed by atoms with Crippen LogP contribution in [0.2, 0.25) is 0 Å². The average Bonchev–Trinajstić information content (AvgIpc) is 2.58. The van der Waals surface area contributed by atoms with Gasteiger partial charge < -0.3 is 0 Å². The van der Waals surface area contributed by atoms with Gasteiger partial charge in [-0.2, -0.15) is 0 Å². The minimum atomic E-state index is 1.25. The molecule has 0 unspecified atom stereocenters. The van der Waals surface area contributed by atoms with Gasteiger partial charge in [-0.1, -0.05) is 0 Å². The molecule has 0 aromatic carbocycles. The Labute approximate surface area is 106 Å². The van der Waals surface area contributed by atoms with E-state index in [0.29, 0.717) is 0 Å². The van der Waals surface area contributed by atoms with E-state index < -0.39 is 0 Å². The summed E-state index contributed by atoms with van der Waals surface area (Å²) < 4.78 is 3.05. The molecule has 2 heterocycles. The monoisotopic (exact) mass is 406 g/mol. The van der Waals surface area contributed by atoms with Crippen molar-refractivity contribution in [2.75, 3.05) is 0 Å². The van der Waals surface area contributed by atoms with Crippen LogP contribution in [-0.4, -0.2) is 45.0 Å². The van der Waals surface area contributed by atoms with Gasteiger partial charge in [-0.25, -0.2) is 0 Å².